The number of hydrogen-bond acceptors (Lipinski definition) is 2. The van der Waals surface area contributed by atoms with E-state index in [-0.39, 0.29) is 0 Å². The third-order valence-electron chi connectivity index (χ3n) is 2.80. The molecule has 20 heavy (non-hydrogen) atoms. The number of nitrogens with zero attached hydrogens (tertiary/aromatic N) is 1. The van der Waals surface area contributed by atoms with Gasteiger partial charge in [0.1, 0.15) is 0 Å². The van der Waals surface area contributed by atoms with Crippen molar-refractivity contribution in [3.63, 3.8) is 0 Å². The zero-order valence-electron chi connectivity index (χ0n) is 11.8. The zero-order valence-corrected chi connectivity index (χ0v) is 13.3. The number of ether oxygens (including phenoxy) is 1. The molecule has 0 spiro atoms. The normalized spacial score (nSPS) is 13.3. The van der Waals surface area contributed by atoms with E-state index in [4.69, 9.17) is 33.7 Å². The standard InChI is InChI=1S/C14H21Cl2N3O/c1-3-10(2)19-14(17)18-6-7-20-9-11-4-5-12(15)8-13(11)16/h4-5,8,10H,3,6-7,9H2,1-2H3,(H3,17,18,19). The van der Waals surface area contributed by atoms with Crippen LogP contribution in [0.1, 0.15) is 25.8 Å². The van der Waals surface area contributed by atoms with Gasteiger partial charge in [-0.1, -0.05) is 36.2 Å². The third-order valence-corrected chi connectivity index (χ3v) is 3.38. The number of hydrogen-bond donors (Lipinski definition) is 2. The van der Waals surface area contributed by atoms with Gasteiger partial charge in [-0.15, -0.1) is 0 Å². The molecule has 1 unspecified atom stereocenters. The molecule has 0 saturated carbocycles. The van der Waals surface area contributed by atoms with Crippen LogP contribution in [0.2, 0.25) is 10.0 Å². The molecule has 1 aromatic carbocycles. The van der Waals surface area contributed by atoms with Crippen LogP contribution in [-0.4, -0.2) is 25.2 Å². The molecule has 0 bridgehead atoms. The van der Waals surface area contributed by atoms with E-state index in [1.165, 1.54) is 0 Å². The number of guanidine groups is 1. The molecule has 4 nitrogen and oxygen atoms in total. The zero-order chi connectivity index (χ0) is 15.0. The Balaban J connectivity index is 2.26. The minimum atomic E-state index is 0.326. The number of aliphatic imine (C=N–C) groups is 1. The number of nitrogens with one attached hydrogen (secondary N) is 1. The van der Waals surface area contributed by atoms with Crippen molar-refractivity contribution >= 4 is 29.2 Å². The molecule has 0 fully saturated rings. The highest BCUT2D eigenvalue weighted by Gasteiger charge is 2.01. The fourth-order valence-electron chi connectivity index (χ4n) is 1.45. The topological polar surface area (TPSA) is 59.6 Å². The summed E-state index contributed by atoms with van der Waals surface area (Å²) < 4.78 is 5.50. The Bertz CT molecular complexity index is 452. The van der Waals surface area contributed by atoms with Gasteiger partial charge >= 0.3 is 0 Å². The molecule has 112 valence electrons. The number of benzene rings is 1. The summed E-state index contributed by atoms with van der Waals surface area (Å²) in [5, 5.41) is 4.32. The monoisotopic (exact) mass is 317 g/mol. The van der Waals surface area contributed by atoms with Crippen molar-refractivity contribution in [1.82, 2.24) is 5.32 Å². The number of nitrogens with two attached hydrogens (primary N) is 1. The molecule has 6 heteroatoms. The van der Waals surface area contributed by atoms with Gasteiger partial charge in [-0.2, -0.15) is 0 Å². The van der Waals surface area contributed by atoms with E-state index in [1.807, 2.05) is 6.07 Å². The van der Waals surface area contributed by atoms with Gasteiger partial charge < -0.3 is 15.8 Å². The van der Waals surface area contributed by atoms with Crippen molar-refractivity contribution in [2.75, 3.05) is 13.2 Å². The minimum Gasteiger partial charge on any atom is -0.375 e. The largest absolute Gasteiger partial charge is 0.375 e. The predicted molar refractivity (Wildman–Crippen MR) is 85.5 cm³/mol. The fraction of sp³-hybridized carbons (Fsp3) is 0.500. The summed E-state index contributed by atoms with van der Waals surface area (Å²) >= 11 is 11.9. The van der Waals surface area contributed by atoms with Crippen molar-refractivity contribution in [2.24, 2.45) is 10.7 Å². The molecular formula is C14H21Cl2N3O. The highest BCUT2D eigenvalue weighted by atomic mass is 35.5. The first-order chi connectivity index (χ1) is 9.52. The molecule has 0 aromatic heterocycles. The Kier molecular flexibility index (Phi) is 7.73. The van der Waals surface area contributed by atoms with Crippen LogP contribution >= 0.6 is 23.2 Å². The van der Waals surface area contributed by atoms with Gasteiger partial charge in [0.25, 0.3) is 0 Å². The van der Waals surface area contributed by atoms with E-state index in [1.54, 1.807) is 12.1 Å². The average molecular weight is 318 g/mol. The molecule has 0 heterocycles. The van der Waals surface area contributed by atoms with E-state index in [0.29, 0.717) is 41.8 Å². The van der Waals surface area contributed by atoms with Gasteiger partial charge in [0.05, 0.1) is 19.8 Å². The molecule has 1 atom stereocenters. The van der Waals surface area contributed by atoms with Crippen molar-refractivity contribution in [1.29, 1.82) is 0 Å². The third kappa shape index (κ3) is 6.46. The molecule has 1 aromatic rings. The average Bonchev–Trinajstić information content (AvgIpc) is 2.40. The van der Waals surface area contributed by atoms with Crippen LogP contribution in [0.3, 0.4) is 0 Å². The van der Waals surface area contributed by atoms with Gasteiger partial charge in [-0.05, 0) is 31.0 Å². The summed E-state index contributed by atoms with van der Waals surface area (Å²) in [6.45, 7) is 5.58. The van der Waals surface area contributed by atoms with E-state index in [0.717, 1.165) is 12.0 Å². The second-order valence-corrected chi connectivity index (χ2v) is 5.35. The van der Waals surface area contributed by atoms with Gasteiger partial charge in [0.15, 0.2) is 5.96 Å². The first-order valence-corrected chi connectivity index (χ1v) is 7.36. The van der Waals surface area contributed by atoms with E-state index < -0.39 is 0 Å². The smallest absolute Gasteiger partial charge is 0.188 e. The molecule has 0 radical (unpaired) electrons. The molecule has 3 N–H and O–H groups in total. The van der Waals surface area contributed by atoms with Crippen LogP contribution in [0.15, 0.2) is 23.2 Å². The summed E-state index contributed by atoms with van der Waals surface area (Å²) in [6, 6.07) is 5.67. The molecule has 0 aliphatic carbocycles. The molecule has 0 saturated heterocycles. The lowest BCUT2D eigenvalue weighted by atomic mass is 10.2. The second-order valence-electron chi connectivity index (χ2n) is 4.51. The van der Waals surface area contributed by atoms with Gasteiger partial charge in [0.2, 0.25) is 0 Å². The Morgan fingerprint density at radius 1 is 1.45 bits per heavy atom. The van der Waals surface area contributed by atoms with E-state index in [9.17, 15) is 0 Å². The van der Waals surface area contributed by atoms with Crippen molar-refractivity contribution in [3.05, 3.63) is 33.8 Å². The number of rotatable bonds is 7. The summed E-state index contributed by atoms with van der Waals surface area (Å²) in [7, 11) is 0. The Labute approximate surface area is 130 Å². The SMILES string of the molecule is CCC(C)NC(N)=NCCOCc1ccc(Cl)cc1Cl. The van der Waals surface area contributed by atoms with Crippen LogP contribution in [0.5, 0.6) is 0 Å². The van der Waals surface area contributed by atoms with E-state index >= 15 is 0 Å². The maximum absolute atomic E-state index is 6.04. The molecular weight excluding hydrogens is 297 g/mol. The van der Waals surface area contributed by atoms with Gasteiger partial charge in [-0.25, -0.2) is 0 Å². The predicted octanol–water partition coefficient (Wildman–Crippen LogP) is 3.21. The first-order valence-electron chi connectivity index (χ1n) is 6.61. The van der Waals surface area contributed by atoms with Crippen LogP contribution < -0.4 is 11.1 Å². The minimum absolute atomic E-state index is 0.326. The molecule has 1 rings (SSSR count). The van der Waals surface area contributed by atoms with Crippen molar-refractivity contribution < 1.29 is 4.74 Å². The summed E-state index contributed by atoms with van der Waals surface area (Å²) in [5.41, 5.74) is 6.64. The second kappa shape index (κ2) is 9.06. The maximum Gasteiger partial charge on any atom is 0.188 e. The van der Waals surface area contributed by atoms with Crippen LogP contribution in [0.4, 0.5) is 0 Å². The number of halogens is 2. The van der Waals surface area contributed by atoms with E-state index in [2.05, 4.69) is 24.2 Å². The fourth-order valence-corrected chi connectivity index (χ4v) is 1.91. The van der Waals surface area contributed by atoms with Crippen molar-refractivity contribution in [3.8, 4) is 0 Å². The van der Waals surface area contributed by atoms with Gasteiger partial charge in [-0.3, -0.25) is 4.99 Å². The summed E-state index contributed by atoms with van der Waals surface area (Å²) in [4.78, 5) is 4.18. The molecule has 0 aliphatic heterocycles. The summed E-state index contributed by atoms with van der Waals surface area (Å²) in [6.07, 6.45) is 1.00. The quantitative estimate of drug-likeness (QED) is 0.461. The molecule has 0 amide bonds. The van der Waals surface area contributed by atoms with Crippen molar-refractivity contribution in [2.45, 2.75) is 32.9 Å². The lowest BCUT2D eigenvalue weighted by Crippen LogP contribution is -2.38. The lowest BCUT2D eigenvalue weighted by molar-refractivity contribution is 0.128. The Morgan fingerprint density at radius 3 is 2.85 bits per heavy atom. The highest BCUT2D eigenvalue weighted by molar-refractivity contribution is 6.35. The van der Waals surface area contributed by atoms with Crippen LogP contribution in [-0.2, 0) is 11.3 Å². The molecule has 0 aliphatic rings. The Hall–Kier alpha value is -0.970. The van der Waals surface area contributed by atoms with Gasteiger partial charge in [0, 0.05) is 16.1 Å². The highest BCUT2D eigenvalue weighted by Crippen LogP contribution is 2.21. The van der Waals surface area contributed by atoms with Crippen LogP contribution in [0, 0.1) is 0 Å². The lowest BCUT2D eigenvalue weighted by Gasteiger charge is -2.11. The maximum atomic E-state index is 6.04. The first kappa shape index (κ1) is 17.1. The summed E-state index contributed by atoms with van der Waals surface area (Å²) in [5.74, 6) is 0.451. The Morgan fingerprint density at radius 2 is 2.20 bits per heavy atom. The van der Waals surface area contributed by atoms with Crippen LogP contribution in [0.25, 0.3) is 0 Å².